The fourth-order valence-corrected chi connectivity index (χ4v) is 3.84. The Kier molecular flexibility index (Phi) is 6.23. The lowest BCUT2D eigenvalue weighted by atomic mass is 10.1. The van der Waals surface area contributed by atoms with Crippen molar-refractivity contribution in [3.05, 3.63) is 58.5 Å². The number of aliphatic carboxylic acids is 1. The van der Waals surface area contributed by atoms with E-state index in [9.17, 15) is 18.0 Å². The Morgan fingerprint density at radius 3 is 2.62 bits per heavy atom. The smallest absolute Gasteiger partial charge is 0.475 e. The zero-order chi connectivity index (χ0) is 21.0. The van der Waals surface area contributed by atoms with Crippen molar-refractivity contribution in [3.8, 4) is 10.7 Å². The van der Waals surface area contributed by atoms with Gasteiger partial charge in [-0.1, -0.05) is 12.1 Å². The highest BCUT2D eigenvalue weighted by molar-refractivity contribution is 7.21. The van der Waals surface area contributed by atoms with Gasteiger partial charge in [-0.05, 0) is 49.2 Å². The first-order valence-corrected chi connectivity index (χ1v) is 9.47. The Labute approximate surface area is 167 Å². The molecule has 0 saturated carbocycles. The van der Waals surface area contributed by atoms with Gasteiger partial charge in [0.05, 0.1) is 11.1 Å². The molecule has 1 aliphatic rings. The van der Waals surface area contributed by atoms with E-state index in [0.717, 1.165) is 23.4 Å². The van der Waals surface area contributed by atoms with Gasteiger partial charge in [0, 0.05) is 16.9 Å². The van der Waals surface area contributed by atoms with Crippen molar-refractivity contribution in [2.75, 3.05) is 6.54 Å². The molecule has 2 N–H and O–H groups in total. The molecule has 1 aliphatic heterocycles. The number of carboxylic acids is 1. The van der Waals surface area contributed by atoms with E-state index in [1.165, 1.54) is 23.3 Å². The highest BCUT2D eigenvalue weighted by atomic mass is 32.1. The lowest BCUT2D eigenvalue weighted by Gasteiger charge is -2.11. The minimum Gasteiger partial charge on any atom is -0.475 e. The van der Waals surface area contributed by atoms with Crippen molar-refractivity contribution in [2.45, 2.75) is 25.1 Å². The van der Waals surface area contributed by atoms with Crippen LogP contribution in [-0.2, 0) is 4.79 Å². The van der Waals surface area contributed by atoms with Crippen LogP contribution in [0.2, 0.25) is 0 Å². The van der Waals surface area contributed by atoms with Gasteiger partial charge >= 0.3 is 12.1 Å². The number of hydrogen-bond donors (Lipinski definition) is 2. The minimum atomic E-state index is -5.08. The molecule has 1 fully saturated rings. The summed E-state index contributed by atoms with van der Waals surface area (Å²) in [5, 5.41) is 12.0. The molecule has 3 heterocycles. The Balaban J connectivity index is 0.000000298. The molecule has 1 unspecified atom stereocenters. The molecule has 1 saturated heterocycles. The molecule has 152 valence electrons. The van der Waals surface area contributed by atoms with Crippen molar-refractivity contribution >= 4 is 27.4 Å². The van der Waals surface area contributed by atoms with E-state index in [1.807, 2.05) is 30.3 Å². The lowest BCUT2D eigenvalue weighted by Crippen LogP contribution is -2.21. The van der Waals surface area contributed by atoms with Crippen LogP contribution in [0.1, 0.15) is 24.4 Å². The van der Waals surface area contributed by atoms with E-state index in [1.54, 1.807) is 6.20 Å². The number of aromatic nitrogens is 2. The zero-order valence-electron chi connectivity index (χ0n) is 14.9. The Morgan fingerprint density at radius 1 is 1.24 bits per heavy atom. The third-order valence-corrected chi connectivity index (χ3v) is 5.31. The molecule has 10 heteroatoms. The van der Waals surface area contributed by atoms with E-state index < -0.39 is 12.1 Å². The highest BCUT2D eigenvalue weighted by Gasteiger charge is 2.38. The summed E-state index contributed by atoms with van der Waals surface area (Å²) in [5.74, 6) is -2.76. The summed E-state index contributed by atoms with van der Waals surface area (Å²) in [6.07, 6.45) is -0.937. The number of nitrogens with one attached hydrogen (secondary N) is 1. The molecular weight excluding hydrogens is 407 g/mol. The third-order valence-electron chi connectivity index (χ3n) is 4.24. The predicted molar refractivity (Wildman–Crippen MR) is 103 cm³/mol. The van der Waals surface area contributed by atoms with Crippen molar-refractivity contribution in [1.82, 2.24) is 15.3 Å². The van der Waals surface area contributed by atoms with E-state index in [4.69, 9.17) is 9.90 Å². The van der Waals surface area contributed by atoms with Crippen molar-refractivity contribution in [1.29, 1.82) is 0 Å². The van der Waals surface area contributed by atoms with Gasteiger partial charge in [0.1, 0.15) is 5.01 Å². The normalized spacial score (nSPS) is 16.3. The molecular formula is C19H16F3N3O3S. The summed E-state index contributed by atoms with van der Waals surface area (Å²) < 4.78 is 32.7. The third kappa shape index (κ3) is 5.15. The van der Waals surface area contributed by atoms with Crippen LogP contribution in [0.4, 0.5) is 13.2 Å². The highest BCUT2D eigenvalue weighted by Crippen LogP contribution is 2.28. The van der Waals surface area contributed by atoms with Gasteiger partial charge in [0.2, 0.25) is 0 Å². The topological polar surface area (TPSA) is 92.2 Å². The molecule has 0 bridgehead atoms. The van der Waals surface area contributed by atoms with Gasteiger partial charge in [0.25, 0.3) is 5.56 Å². The lowest BCUT2D eigenvalue weighted by molar-refractivity contribution is -0.192. The Morgan fingerprint density at radius 2 is 1.97 bits per heavy atom. The number of pyridine rings is 1. The van der Waals surface area contributed by atoms with Gasteiger partial charge in [-0.15, -0.1) is 11.3 Å². The molecule has 3 aromatic rings. The Hall–Kier alpha value is -2.85. The number of carbonyl (C=O) groups is 1. The van der Waals surface area contributed by atoms with Gasteiger partial charge in [-0.3, -0.25) is 9.78 Å². The first-order valence-electron chi connectivity index (χ1n) is 8.65. The largest absolute Gasteiger partial charge is 0.490 e. The van der Waals surface area contributed by atoms with Crippen molar-refractivity contribution < 1.29 is 23.1 Å². The van der Waals surface area contributed by atoms with E-state index >= 15 is 0 Å². The molecule has 29 heavy (non-hydrogen) atoms. The number of halogens is 3. The first kappa shape index (κ1) is 20.9. The molecule has 0 aliphatic carbocycles. The van der Waals surface area contributed by atoms with Crippen LogP contribution in [0.5, 0.6) is 0 Å². The second kappa shape index (κ2) is 8.66. The van der Waals surface area contributed by atoms with Crippen LogP contribution in [0.25, 0.3) is 20.8 Å². The molecule has 0 spiro atoms. The van der Waals surface area contributed by atoms with Crippen LogP contribution in [-0.4, -0.2) is 33.8 Å². The molecule has 0 radical (unpaired) electrons. The summed E-state index contributed by atoms with van der Waals surface area (Å²) in [5.41, 5.74) is 1.81. The molecule has 0 amide bonds. The van der Waals surface area contributed by atoms with Crippen LogP contribution in [0, 0.1) is 0 Å². The van der Waals surface area contributed by atoms with Gasteiger partial charge in [-0.2, -0.15) is 18.2 Å². The van der Waals surface area contributed by atoms with Crippen molar-refractivity contribution in [3.63, 3.8) is 0 Å². The summed E-state index contributed by atoms with van der Waals surface area (Å²) >= 11 is 1.51. The quantitative estimate of drug-likeness (QED) is 0.652. The monoisotopic (exact) mass is 423 g/mol. The summed E-state index contributed by atoms with van der Waals surface area (Å²) in [4.78, 5) is 29.7. The first-order chi connectivity index (χ1) is 13.8. The SMILES string of the molecule is O=C(O)C(F)(F)F.O=c1nc(-c2cc(C3CCCN3)ccn2)sc2ccccc12. The maximum atomic E-state index is 12.2. The number of carboxylic acid groups (broad SMARTS) is 1. The van der Waals surface area contributed by atoms with E-state index in [0.29, 0.717) is 16.4 Å². The number of hydrogen-bond acceptors (Lipinski definition) is 6. The summed E-state index contributed by atoms with van der Waals surface area (Å²) in [6, 6.07) is 12.0. The number of fused-ring (bicyclic) bond motifs is 1. The van der Waals surface area contributed by atoms with Gasteiger partial charge < -0.3 is 10.4 Å². The van der Waals surface area contributed by atoms with Crippen LogP contribution in [0.15, 0.2) is 47.4 Å². The number of benzene rings is 1. The molecule has 1 atom stereocenters. The van der Waals surface area contributed by atoms with Gasteiger partial charge in [-0.25, -0.2) is 4.79 Å². The predicted octanol–water partition coefficient (Wildman–Crippen LogP) is 3.78. The molecule has 4 rings (SSSR count). The molecule has 2 aromatic heterocycles. The summed E-state index contributed by atoms with van der Waals surface area (Å²) in [6.45, 7) is 1.06. The average molecular weight is 423 g/mol. The molecule has 6 nitrogen and oxygen atoms in total. The van der Waals surface area contributed by atoms with Crippen LogP contribution >= 0.6 is 11.3 Å². The maximum absolute atomic E-state index is 12.2. The standard InChI is InChI=1S/C17H15N3OS.C2HF3O2/c21-16-12-4-1-2-6-15(12)22-17(20-16)14-10-11(7-9-19-14)13-5-3-8-18-13;3-2(4,5)1(6)7/h1-2,4,6-7,9-10,13,18H,3,5,8H2;(H,6,7). The number of nitrogens with zero attached hydrogens (tertiary/aromatic N) is 2. The van der Waals surface area contributed by atoms with Crippen LogP contribution in [0.3, 0.4) is 0 Å². The van der Waals surface area contributed by atoms with Gasteiger partial charge in [0.15, 0.2) is 0 Å². The van der Waals surface area contributed by atoms with Crippen molar-refractivity contribution in [2.24, 2.45) is 0 Å². The fourth-order valence-electron chi connectivity index (χ4n) is 2.87. The summed E-state index contributed by atoms with van der Waals surface area (Å²) in [7, 11) is 0. The minimum absolute atomic E-state index is 0.185. The number of alkyl halides is 3. The Bertz CT molecular complexity index is 1080. The van der Waals surface area contributed by atoms with E-state index in [2.05, 4.69) is 21.4 Å². The maximum Gasteiger partial charge on any atom is 0.490 e. The molecule has 1 aromatic carbocycles. The second-order valence-corrected chi connectivity index (χ2v) is 7.28. The van der Waals surface area contributed by atoms with E-state index in [-0.39, 0.29) is 5.56 Å². The number of rotatable bonds is 2. The fraction of sp³-hybridized carbons (Fsp3) is 0.263. The van der Waals surface area contributed by atoms with Crippen LogP contribution < -0.4 is 10.9 Å². The average Bonchev–Trinajstić information content (AvgIpc) is 3.23. The zero-order valence-corrected chi connectivity index (χ0v) is 15.8. The second-order valence-electron chi connectivity index (χ2n) is 6.25.